The van der Waals surface area contributed by atoms with Crippen LogP contribution in [0.25, 0.3) is 11.6 Å². The molecule has 0 saturated carbocycles. The molecule has 0 aliphatic carbocycles. The number of allylic oxidation sites excluding steroid dienone is 1. The van der Waals surface area contributed by atoms with Gasteiger partial charge in [0.1, 0.15) is 11.6 Å². The number of nitrogens with zero attached hydrogens (tertiary/aromatic N) is 1. The van der Waals surface area contributed by atoms with Crippen LogP contribution in [0.15, 0.2) is 36.4 Å². The number of ether oxygens (including phenoxy) is 3. The SMILES string of the molecule is COc1cc2c(cc1/C=C(/C#N)c1ccc(F)cc1)OCO2. The minimum atomic E-state index is -0.346. The second-order valence-corrected chi connectivity index (χ2v) is 4.62. The van der Waals surface area contributed by atoms with Crippen LogP contribution in [-0.4, -0.2) is 13.9 Å². The average Bonchev–Trinajstić information content (AvgIpc) is 2.99. The zero-order valence-corrected chi connectivity index (χ0v) is 11.8. The van der Waals surface area contributed by atoms with E-state index in [0.717, 1.165) is 0 Å². The Bertz CT molecular complexity index is 776. The van der Waals surface area contributed by atoms with Crippen LogP contribution < -0.4 is 14.2 Å². The van der Waals surface area contributed by atoms with Crippen molar-refractivity contribution in [3.63, 3.8) is 0 Å². The number of hydrogen-bond donors (Lipinski definition) is 0. The van der Waals surface area contributed by atoms with Gasteiger partial charge in [0.05, 0.1) is 18.8 Å². The molecule has 1 aliphatic rings. The summed E-state index contributed by atoms with van der Waals surface area (Å²) in [4.78, 5) is 0. The molecule has 2 aromatic carbocycles. The molecule has 22 heavy (non-hydrogen) atoms. The first-order valence-electron chi connectivity index (χ1n) is 6.56. The van der Waals surface area contributed by atoms with Crippen molar-refractivity contribution in [3.05, 3.63) is 53.3 Å². The number of fused-ring (bicyclic) bond motifs is 1. The lowest BCUT2D eigenvalue weighted by Crippen LogP contribution is -1.92. The molecule has 0 saturated heterocycles. The molecule has 3 rings (SSSR count). The van der Waals surface area contributed by atoms with E-state index < -0.39 is 0 Å². The molecule has 5 heteroatoms. The minimum absolute atomic E-state index is 0.161. The maximum absolute atomic E-state index is 13.0. The number of rotatable bonds is 3. The molecule has 0 aromatic heterocycles. The first-order chi connectivity index (χ1) is 10.7. The van der Waals surface area contributed by atoms with Gasteiger partial charge in [0, 0.05) is 11.6 Å². The van der Waals surface area contributed by atoms with E-state index in [2.05, 4.69) is 6.07 Å². The Kier molecular flexibility index (Phi) is 3.67. The van der Waals surface area contributed by atoms with Crippen molar-refractivity contribution in [2.24, 2.45) is 0 Å². The quantitative estimate of drug-likeness (QED) is 0.641. The van der Waals surface area contributed by atoms with Gasteiger partial charge in [-0.3, -0.25) is 0 Å². The molecule has 1 heterocycles. The standard InChI is InChI=1S/C17H12FNO3/c1-20-15-8-17-16(21-10-22-17)7-12(15)6-13(9-19)11-2-4-14(18)5-3-11/h2-8H,10H2,1H3/b13-6-. The van der Waals surface area contributed by atoms with Crippen LogP contribution in [-0.2, 0) is 0 Å². The van der Waals surface area contributed by atoms with Crippen molar-refractivity contribution in [1.29, 1.82) is 5.26 Å². The number of benzene rings is 2. The first kappa shape index (κ1) is 14.0. The van der Waals surface area contributed by atoms with Crippen LogP contribution in [0.5, 0.6) is 17.2 Å². The van der Waals surface area contributed by atoms with Gasteiger partial charge in [0.25, 0.3) is 0 Å². The van der Waals surface area contributed by atoms with E-state index in [1.807, 2.05) is 0 Å². The fourth-order valence-electron chi connectivity index (χ4n) is 2.19. The maximum Gasteiger partial charge on any atom is 0.231 e. The Morgan fingerprint density at radius 2 is 1.91 bits per heavy atom. The second-order valence-electron chi connectivity index (χ2n) is 4.62. The third kappa shape index (κ3) is 2.59. The van der Waals surface area contributed by atoms with Crippen molar-refractivity contribution in [2.45, 2.75) is 0 Å². The Morgan fingerprint density at radius 3 is 2.55 bits per heavy atom. The zero-order valence-electron chi connectivity index (χ0n) is 11.8. The summed E-state index contributed by atoms with van der Waals surface area (Å²) in [5, 5.41) is 9.36. The molecule has 0 radical (unpaired) electrons. The smallest absolute Gasteiger partial charge is 0.231 e. The summed E-state index contributed by atoms with van der Waals surface area (Å²) in [6.07, 6.45) is 1.67. The molecular formula is C17H12FNO3. The fourth-order valence-corrected chi connectivity index (χ4v) is 2.19. The maximum atomic E-state index is 13.0. The summed E-state index contributed by atoms with van der Waals surface area (Å²) in [7, 11) is 1.54. The zero-order chi connectivity index (χ0) is 15.5. The van der Waals surface area contributed by atoms with E-state index >= 15 is 0 Å². The molecule has 0 amide bonds. The van der Waals surface area contributed by atoms with Crippen molar-refractivity contribution >= 4 is 11.6 Å². The predicted octanol–water partition coefficient (Wildman–Crippen LogP) is 3.63. The molecule has 110 valence electrons. The van der Waals surface area contributed by atoms with Crippen LogP contribution >= 0.6 is 0 Å². The number of hydrogen-bond acceptors (Lipinski definition) is 4. The van der Waals surface area contributed by atoms with Crippen molar-refractivity contribution < 1.29 is 18.6 Å². The third-order valence-corrected chi connectivity index (χ3v) is 3.30. The Morgan fingerprint density at radius 1 is 1.23 bits per heavy atom. The van der Waals surface area contributed by atoms with E-state index in [1.54, 1.807) is 37.5 Å². The summed E-state index contributed by atoms with van der Waals surface area (Å²) < 4.78 is 28.9. The molecule has 0 N–H and O–H groups in total. The summed E-state index contributed by atoms with van der Waals surface area (Å²) in [6, 6.07) is 11.3. The van der Waals surface area contributed by atoms with E-state index in [4.69, 9.17) is 14.2 Å². The topological polar surface area (TPSA) is 51.5 Å². The molecule has 2 aromatic rings. The summed E-state index contributed by atoms with van der Waals surface area (Å²) in [5.41, 5.74) is 1.72. The highest BCUT2D eigenvalue weighted by Crippen LogP contribution is 2.39. The van der Waals surface area contributed by atoms with Gasteiger partial charge in [-0.15, -0.1) is 0 Å². The summed E-state index contributed by atoms with van der Waals surface area (Å²) in [5.74, 6) is 1.43. The number of nitriles is 1. The van der Waals surface area contributed by atoms with Gasteiger partial charge in [-0.2, -0.15) is 5.26 Å². The second kappa shape index (κ2) is 5.78. The highest BCUT2D eigenvalue weighted by Gasteiger charge is 2.17. The van der Waals surface area contributed by atoms with Gasteiger partial charge in [-0.25, -0.2) is 4.39 Å². The Balaban J connectivity index is 2.06. The monoisotopic (exact) mass is 297 g/mol. The molecule has 4 nitrogen and oxygen atoms in total. The molecule has 0 fully saturated rings. The van der Waals surface area contributed by atoms with Gasteiger partial charge < -0.3 is 14.2 Å². The van der Waals surface area contributed by atoms with Crippen molar-refractivity contribution in [1.82, 2.24) is 0 Å². The lowest BCUT2D eigenvalue weighted by atomic mass is 10.0. The molecule has 0 unspecified atom stereocenters. The normalized spacial score (nSPS) is 12.9. The Labute approximate surface area is 127 Å². The van der Waals surface area contributed by atoms with Gasteiger partial charge >= 0.3 is 0 Å². The minimum Gasteiger partial charge on any atom is -0.496 e. The third-order valence-electron chi connectivity index (χ3n) is 3.30. The van der Waals surface area contributed by atoms with Gasteiger partial charge in [-0.05, 0) is 29.8 Å². The van der Waals surface area contributed by atoms with Crippen molar-refractivity contribution in [3.8, 4) is 23.3 Å². The largest absolute Gasteiger partial charge is 0.496 e. The highest BCUT2D eigenvalue weighted by atomic mass is 19.1. The first-order valence-corrected chi connectivity index (χ1v) is 6.56. The highest BCUT2D eigenvalue weighted by molar-refractivity contribution is 5.91. The number of methoxy groups -OCH3 is 1. The van der Waals surface area contributed by atoms with Gasteiger partial charge in [-0.1, -0.05) is 12.1 Å². The van der Waals surface area contributed by atoms with Crippen molar-refractivity contribution in [2.75, 3.05) is 13.9 Å². The van der Waals surface area contributed by atoms with Crippen LogP contribution in [0.4, 0.5) is 4.39 Å². The van der Waals surface area contributed by atoms with Gasteiger partial charge in [0.15, 0.2) is 11.5 Å². The molecule has 0 atom stereocenters. The van der Waals surface area contributed by atoms with E-state index in [1.165, 1.54) is 12.1 Å². The van der Waals surface area contributed by atoms with Crippen LogP contribution in [0.3, 0.4) is 0 Å². The van der Waals surface area contributed by atoms with Crippen LogP contribution in [0.1, 0.15) is 11.1 Å². The molecule has 0 bridgehead atoms. The van der Waals surface area contributed by atoms with E-state index in [9.17, 15) is 9.65 Å². The summed E-state index contributed by atoms with van der Waals surface area (Å²) >= 11 is 0. The Hall–Kier alpha value is -3.00. The van der Waals surface area contributed by atoms with E-state index in [0.29, 0.717) is 33.9 Å². The predicted molar refractivity (Wildman–Crippen MR) is 79.0 cm³/mol. The van der Waals surface area contributed by atoms with Gasteiger partial charge in [0.2, 0.25) is 6.79 Å². The molecule has 0 spiro atoms. The van der Waals surface area contributed by atoms with E-state index in [-0.39, 0.29) is 12.6 Å². The number of halogens is 1. The molecular weight excluding hydrogens is 285 g/mol. The lowest BCUT2D eigenvalue weighted by Gasteiger charge is -2.07. The molecule has 1 aliphatic heterocycles. The summed E-state index contributed by atoms with van der Waals surface area (Å²) in [6.45, 7) is 0.161. The van der Waals surface area contributed by atoms with Crippen LogP contribution in [0.2, 0.25) is 0 Å². The average molecular weight is 297 g/mol. The lowest BCUT2D eigenvalue weighted by molar-refractivity contribution is 0.174. The fraction of sp³-hybridized carbons (Fsp3) is 0.118. The van der Waals surface area contributed by atoms with Crippen LogP contribution in [0, 0.1) is 17.1 Å².